The Kier molecular flexibility index (Phi) is 4.02. The van der Waals surface area contributed by atoms with Crippen LogP contribution in [0.25, 0.3) is 10.8 Å². The van der Waals surface area contributed by atoms with Gasteiger partial charge in [-0.25, -0.2) is 0 Å². The highest BCUT2D eigenvalue weighted by Gasteiger charge is 2.11. The van der Waals surface area contributed by atoms with Gasteiger partial charge in [0.05, 0.1) is 0 Å². The van der Waals surface area contributed by atoms with Crippen LogP contribution in [0.4, 0.5) is 11.4 Å². The molecule has 3 nitrogen and oxygen atoms in total. The predicted molar refractivity (Wildman–Crippen MR) is 97.4 cm³/mol. The van der Waals surface area contributed by atoms with Crippen LogP contribution < -0.4 is 10.2 Å². The second kappa shape index (κ2) is 6.13. The molecule has 0 bridgehead atoms. The van der Waals surface area contributed by atoms with Crippen LogP contribution in [-0.4, -0.2) is 20.0 Å². The molecule has 0 saturated heterocycles. The number of nitrogens with one attached hydrogen (secondary N) is 1. The molecule has 0 spiro atoms. The average Bonchev–Trinajstić information content (AvgIpc) is 2.55. The first-order valence-electron chi connectivity index (χ1n) is 7.63. The second-order valence-corrected chi connectivity index (χ2v) is 5.89. The van der Waals surface area contributed by atoms with Gasteiger partial charge in [0.1, 0.15) is 0 Å². The number of carbonyl (C=O) groups is 1. The molecule has 1 N–H and O–H groups in total. The van der Waals surface area contributed by atoms with E-state index in [9.17, 15) is 4.79 Å². The Morgan fingerprint density at radius 2 is 1.52 bits per heavy atom. The smallest absolute Gasteiger partial charge is 0.255 e. The molecule has 0 aromatic heterocycles. The van der Waals surface area contributed by atoms with Crippen molar-refractivity contribution in [2.75, 3.05) is 24.3 Å². The van der Waals surface area contributed by atoms with Crippen molar-refractivity contribution in [2.45, 2.75) is 6.92 Å². The Hall–Kier alpha value is -2.81. The number of hydrogen-bond donors (Lipinski definition) is 1. The van der Waals surface area contributed by atoms with Crippen LogP contribution in [0.3, 0.4) is 0 Å². The lowest BCUT2D eigenvalue weighted by Crippen LogP contribution is -2.13. The molecule has 3 rings (SSSR count). The fraction of sp³-hybridized carbons (Fsp3) is 0.150. The molecule has 0 heterocycles. The third-order valence-electron chi connectivity index (χ3n) is 3.94. The molecule has 23 heavy (non-hydrogen) atoms. The summed E-state index contributed by atoms with van der Waals surface area (Å²) in [7, 11) is 4.04. The number of benzene rings is 3. The normalized spacial score (nSPS) is 10.6. The summed E-state index contributed by atoms with van der Waals surface area (Å²) in [4.78, 5) is 14.5. The fourth-order valence-electron chi connectivity index (χ4n) is 2.68. The Bertz CT molecular complexity index is 851. The molecule has 0 radical (unpaired) electrons. The van der Waals surface area contributed by atoms with E-state index < -0.39 is 0 Å². The van der Waals surface area contributed by atoms with Gasteiger partial charge in [0.2, 0.25) is 0 Å². The van der Waals surface area contributed by atoms with E-state index in [0.717, 1.165) is 27.7 Å². The van der Waals surface area contributed by atoms with Gasteiger partial charge in [-0.1, -0.05) is 42.0 Å². The first kappa shape index (κ1) is 15.1. The van der Waals surface area contributed by atoms with Crippen LogP contribution in [0.15, 0.2) is 60.7 Å². The van der Waals surface area contributed by atoms with Crippen molar-refractivity contribution in [3.05, 3.63) is 71.8 Å². The first-order chi connectivity index (χ1) is 11.1. The molecule has 3 aromatic rings. The van der Waals surface area contributed by atoms with Gasteiger partial charge >= 0.3 is 0 Å². The summed E-state index contributed by atoms with van der Waals surface area (Å²) in [6, 6.07) is 19.7. The van der Waals surface area contributed by atoms with Crippen LogP contribution in [0.5, 0.6) is 0 Å². The van der Waals surface area contributed by atoms with E-state index in [2.05, 4.69) is 16.3 Å². The predicted octanol–water partition coefficient (Wildman–Crippen LogP) is 4.47. The zero-order valence-corrected chi connectivity index (χ0v) is 13.6. The Morgan fingerprint density at radius 3 is 2.17 bits per heavy atom. The van der Waals surface area contributed by atoms with E-state index >= 15 is 0 Å². The molecule has 0 aliphatic carbocycles. The van der Waals surface area contributed by atoms with Crippen molar-refractivity contribution in [1.29, 1.82) is 0 Å². The van der Waals surface area contributed by atoms with E-state index in [1.165, 1.54) is 0 Å². The quantitative estimate of drug-likeness (QED) is 0.774. The number of rotatable bonds is 3. The first-order valence-corrected chi connectivity index (χ1v) is 7.63. The summed E-state index contributed by atoms with van der Waals surface area (Å²) in [6.07, 6.45) is 0. The van der Waals surface area contributed by atoms with Gasteiger partial charge in [-0.05, 0) is 31.2 Å². The fourth-order valence-corrected chi connectivity index (χ4v) is 2.68. The van der Waals surface area contributed by atoms with Gasteiger partial charge in [0.15, 0.2) is 0 Å². The number of anilines is 2. The van der Waals surface area contributed by atoms with Crippen molar-refractivity contribution in [3.63, 3.8) is 0 Å². The third-order valence-corrected chi connectivity index (χ3v) is 3.94. The molecule has 0 aliphatic rings. The Labute approximate surface area is 136 Å². The van der Waals surface area contributed by atoms with Crippen LogP contribution in [0, 0.1) is 6.92 Å². The number of nitrogens with zero attached hydrogens (tertiary/aromatic N) is 1. The molecular weight excluding hydrogens is 284 g/mol. The van der Waals surface area contributed by atoms with E-state index in [1.54, 1.807) is 0 Å². The van der Waals surface area contributed by atoms with Gasteiger partial charge < -0.3 is 10.2 Å². The third kappa shape index (κ3) is 3.04. The molecule has 0 aliphatic heterocycles. The van der Waals surface area contributed by atoms with E-state index in [1.807, 2.05) is 75.6 Å². The van der Waals surface area contributed by atoms with E-state index in [-0.39, 0.29) is 5.91 Å². The molecule has 3 heteroatoms. The zero-order chi connectivity index (χ0) is 16.4. The summed E-state index contributed by atoms with van der Waals surface area (Å²) < 4.78 is 0. The van der Waals surface area contributed by atoms with Crippen molar-refractivity contribution < 1.29 is 4.79 Å². The molecule has 0 fully saturated rings. The SMILES string of the molecule is Cc1ccc(C(=O)Nc2ccc(N(C)C)c3ccccc23)cc1. The van der Waals surface area contributed by atoms with Crippen molar-refractivity contribution >= 4 is 28.1 Å². The lowest BCUT2D eigenvalue weighted by molar-refractivity contribution is 0.102. The minimum absolute atomic E-state index is 0.0900. The summed E-state index contributed by atoms with van der Waals surface area (Å²) >= 11 is 0. The molecule has 116 valence electrons. The molecule has 3 aromatic carbocycles. The number of hydrogen-bond acceptors (Lipinski definition) is 2. The van der Waals surface area contributed by atoms with Crippen LogP contribution >= 0.6 is 0 Å². The lowest BCUT2D eigenvalue weighted by Gasteiger charge is -2.18. The van der Waals surface area contributed by atoms with Crippen molar-refractivity contribution in [3.8, 4) is 0 Å². The monoisotopic (exact) mass is 304 g/mol. The van der Waals surface area contributed by atoms with E-state index in [0.29, 0.717) is 5.56 Å². The number of aryl methyl sites for hydroxylation is 1. The summed E-state index contributed by atoms with van der Waals surface area (Å²) in [5.74, 6) is -0.0900. The van der Waals surface area contributed by atoms with Crippen LogP contribution in [-0.2, 0) is 0 Å². The molecule has 0 unspecified atom stereocenters. The Morgan fingerprint density at radius 1 is 0.870 bits per heavy atom. The molecular formula is C20H20N2O. The number of amides is 1. The molecule has 0 atom stereocenters. The molecule has 1 amide bonds. The maximum absolute atomic E-state index is 12.5. The van der Waals surface area contributed by atoms with Crippen LogP contribution in [0.1, 0.15) is 15.9 Å². The topological polar surface area (TPSA) is 32.3 Å². The average molecular weight is 304 g/mol. The second-order valence-electron chi connectivity index (χ2n) is 5.89. The maximum atomic E-state index is 12.5. The highest BCUT2D eigenvalue weighted by Crippen LogP contribution is 2.31. The van der Waals surface area contributed by atoms with Gasteiger partial charge in [-0.2, -0.15) is 0 Å². The maximum Gasteiger partial charge on any atom is 0.255 e. The van der Waals surface area contributed by atoms with Crippen molar-refractivity contribution in [2.24, 2.45) is 0 Å². The highest BCUT2D eigenvalue weighted by atomic mass is 16.1. The van der Waals surface area contributed by atoms with Gasteiger partial charge in [0, 0.05) is 41.8 Å². The van der Waals surface area contributed by atoms with E-state index in [4.69, 9.17) is 0 Å². The number of fused-ring (bicyclic) bond motifs is 1. The standard InChI is InChI=1S/C20H20N2O/c1-14-8-10-15(11-9-14)20(23)21-18-12-13-19(22(2)3)17-7-5-4-6-16(17)18/h4-13H,1-3H3,(H,21,23). The minimum Gasteiger partial charge on any atom is -0.377 e. The van der Waals surface area contributed by atoms with Crippen molar-refractivity contribution in [1.82, 2.24) is 0 Å². The van der Waals surface area contributed by atoms with Gasteiger partial charge in [-0.3, -0.25) is 4.79 Å². The summed E-state index contributed by atoms with van der Waals surface area (Å²) in [5, 5.41) is 5.19. The Balaban J connectivity index is 1.99. The van der Waals surface area contributed by atoms with Crippen LogP contribution in [0.2, 0.25) is 0 Å². The lowest BCUT2D eigenvalue weighted by atomic mass is 10.1. The molecule has 0 saturated carbocycles. The minimum atomic E-state index is -0.0900. The summed E-state index contributed by atoms with van der Waals surface area (Å²) in [5.41, 5.74) is 3.77. The summed E-state index contributed by atoms with van der Waals surface area (Å²) in [6.45, 7) is 2.01. The highest BCUT2D eigenvalue weighted by molar-refractivity contribution is 6.11. The van der Waals surface area contributed by atoms with Gasteiger partial charge in [0.25, 0.3) is 5.91 Å². The largest absolute Gasteiger partial charge is 0.377 e. The zero-order valence-electron chi connectivity index (χ0n) is 13.6. The number of carbonyl (C=O) groups excluding carboxylic acids is 1. The van der Waals surface area contributed by atoms with Gasteiger partial charge in [-0.15, -0.1) is 0 Å².